The zero-order chi connectivity index (χ0) is 15.7. The minimum Gasteiger partial charge on any atom is -0.355 e. The molecule has 114 valence electrons. The van der Waals surface area contributed by atoms with Crippen molar-refractivity contribution in [2.45, 2.75) is 26.7 Å². The lowest BCUT2D eigenvalue weighted by Gasteiger charge is -2.03. The summed E-state index contributed by atoms with van der Waals surface area (Å²) in [4.78, 5) is 12.7. The van der Waals surface area contributed by atoms with Gasteiger partial charge in [-0.15, -0.1) is 0 Å². The quantitative estimate of drug-likeness (QED) is 0.725. The molecule has 5 nitrogen and oxygen atoms in total. The molecule has 0 atom stereocenters. The molecule has 0 saturated heterocycles. The highest BCUT2D eigenvalue weighted by molar-refractivity contribution is 6.30. The second kappa shape index (κ2) is 5.93. The van der Waals surface area contributed by atoms with Crippen molar-refractivity contribution in [3.63, 3.8) is 0 Å². The van der Waals surface area contributed by atoms with Crippen molar-refractivity contribution in [2.24, 2.45) is 0 Å². The average molecular weight is 317 g/mol. The Morgan fingerprint density at radius 3 is 2.64 bits per heavy atom. The SMILES string of the molecule is CCNc1nc[n+](-c2ccc(Cl)cc2)c2nc(C(C)C)[nH]c12. The first-order valence-corrected chi connectivity index (χ1v) is 7.78. The van der Waals surface area contributed by atoms with Gasteiger partial charge in [0.15, 0.2) is 11.3 Å². The number of hydrogen-bond donors (Lipinski definition) is 2. The number of anilines is 1. The van der Waals surface area contributed by atoms with Gasteiger partial charge in [0.1, 0.15) is 5.69 Å². The molecule has 6 heteroatoms. The van der Waals surface area contributed by atoms with E-state index in [2.05, 4.69) is 29.1 Å². The van der Waals surface area contributed by atoms with Crippen molar-refractivity contribution in [3.05, 3.63) is 41.4 Å². The molecule has 2 heterocycles. The summed E-state index contributed by atoms with van der Waals surface area (Å²) in [7, 11) is 0. The van der Waals surface area contributed by atoms with Gasteiger partial charge in [-0.1, -0.05) is 35.4 Å². The second-order valence-corrected chi connectivity index (χ2v) is 5.88. The van der Waals surface area contributed by atoms with E-state index in [-0.39, 0.29) is 0 Å². The average Bonchev–Trinajstić information content (AvgIpc) is 2.95. The van der Waals surface area contributed by atoms with Crippen LogP contribution in [0.1, 0.15) is 32.5 Å². The van der Waals surface area contributed by atoms with Crippen LogP contribution in [0.5, 0.6) is 0 Å². The Kier molecular flexibility index (Phi) is 3.98. The third kappa shape index (κ3) is 2.64. The van der Waals surface area contributed by atoms with E-state index in [1.807, 2.05) is 35.8 Å². The molecule has 2 aromatic heterocycles. The van der Waals surface area contributed by atoms with Crippen LogP contribution in [0.2, 0.25) is 5.02 Å². The molecule has 0 amide bonds. The normalized spacial score (nSPS) is 11.3. The summed E-state index contributed by atoms with van der Waals surface area (Å²) >= 11 is 5.97. The van der Waals surface area contributed by atoms with Crippen molar-refractivity contribution >= 4 is 28.6 Å². The van der Waals surface area contributed by atoms with E-state index in [1.165, 1.54) is 0 Å². The zero-order valence-electron chi connectivity index (χ0n) is 12.9. The summed E-state index contributed by atoms with van der Waals surface area (Å²) in [6, 6.07) is 7.65. The molecular formula is C16H19ClN5+. The molecule has 0 aliphatic carbocycles. The zero-order valence-corrected chi connectivity index (χ0v) is 13.6. The number of H-pyrrole nitrogens is 1. The molecule has 0 radical (unpaired) electrons. The van der Waals surface area contributed by atoms with E-state index in [0.717, 1.165) is 35.0 Å². The van der Waals surface area contributed by atoms with Crippen LogP contribution in [0.25, 0.3) is 16.9 Å². The molecule has 0 spiro atoms. The number of halogens is 1. The largest absolute Gasteiger partial charge is 0.355 e. The van der Waals surface area contributed by atoms with Crippen LogP contribution in [-0.4, -0.2) is 21.5 Å². The summed E-state index contributed by atoms with van der Waals surface area (Å²) in [6.45, 7) is 7.09. The third-order valence-corrected chi connectivity index (χ3v) is 3.72. The topological polar surface area (TPSA) is 57.5 Å². The Bertz CT molecular complexity index is 792. The van der Waals surface area contributed by atoms with Crippen molar-refractivity contribution in [1.82, 2.24) is 15.0 Å². The summed E-state index contributed by atoms with van der Waals surface area (Å²) in [5, 5.41) is 3.98. The predicted molar refractivity (Wildman–Crippen MR) is 88.7 cm³/mol. The van der Waals surface area contributed by atoms with Crippen LogP contribution in [0.4, 0.5) is 5.82 Å². The lowest BCUT2D eigenvalue weighted by Crippen LogP contribution is -2.32. The first-order valence-electron chi connectivity index (χ1n) is 7.40. The number of rotatable bonds is 4. The van der Waals surface area contributed by atoms with Crippen LogP contribution >= 0.6 is 11.6 Å². The van der Waals surface area contributed by atoms with Crippen LogP contribution in [-0.2, 0) is 0 Å². The van der Waals surface area contributed by atoms with Gasteiger partial charge in [-0.25, -0.2) is 0 Å². The molecular weight excluding hydrogens is 298 g/mol. The Balaban J connectivity index is 2.22. The van der Waals surface area contributed by atoms with Gasteiger partial charge >= 0.3 is 0 Å². The smallest absolute Gasteiger partial charge is 0.298 e. The highest BCUT2D eigenvalue weighted by atomic mass is 35.5. The van der Waals surface area contributed by atoms with E-state index in [0.29, 0.717) is 10.9 Å². The molecule has 3 aromatic rings. The van der Waals surface area contributed by atoms with Crippen molar-refractivity contribution in [2.75, 3.05) is 11.9 Å². The van der Waals surface area contributed by atoms with Gasteiger partial charge in [0.25, 0.3) is 5.65 Å². The maximum atomic E-state index is 5.97. The Hall–Kier alpha value is -2.14. The van der Waals surface area contributed by atoms with Crippen LogP contribution in [0, 0.1) is 0 Å². The number of hydrogen-bond acceptors (Lipinski definition) is 3. The standard InChI is InChI=1S/C16H18ClN5/c1-4-18-15-13-16(21-14(20-13)10(2)3)22(9-19-15)12-7-5-11(17)6-8-12/h5-10H,4H2,1-3H3,(H,18,20,21)/p+1. The fourth-order valence-corrected chi connectivity index (χ4v) is 2.45. The molecule has 0 aliphatic rings. The van der Waals surface area contributed by atoms with Crippen LogP contribution in [0.15, 0.2) is 30.6 Å². The number of fused-ring (bicyclic) bond motifs is 1. The van der Waals surface area contributed by atoms with Crippen molar-refractivity contribution in [1.29, 1.82) is 0 Å². The van der Waals surface area contributed by atoms with Gasteiger partial charge in [0, 0.05) is 17.5 Å². The fraction of sp³-hybridized carbons (Fsp3) is 0.312. The predicted octanol–water partition coefficient (Wildman–Crippen LogP) is 3.44. The van der Waals surface area contributed by atoms with E-state index in [9.17, 15) is 0 Å². The number of nitrogens with zero attached hydrogens (tertiary/aromatic N) is 3. The number of aromatic amines is 1. The Labute approximate surface area is 134 Å². The number of benzene rings is 1. The highest BCUT2D eigenvalue weighted by Crippen LogP contribution is 2.21. The molecule has 0 fully saturated rings. The fourth-order valence-electron chi connectivity index (χ4n) is 2.32. The van der Waals surface area contributed by atoms with Crippen molar-refractivity contribution < 1.29 is 4.57 Å². The molecule has 22 heavy (non-hydrogen) atoms. The number of aromatic nitrogens is 4. The van der Waals surface area contributed by atoms with Gasteiger partial charge in [-0.3, -0.25) is 0 Å². The molecule has 0 unspecified atom stereocenters. The van der Waals surface area contributed by atoms with E-state index in [1.54, 1.807) is 6.33 Å². The molecule has 3 rings (SSSR count). The van der Waals surface area contributed by atoms with Crippen LogP contribution < -0.4 is 9.88 Å². The molecule has 0 bridgehead atoms. The Morgan fingerprint density at radius 2 is 2.00 bits per heavy atom. The van der Waals surface area contributed by atoms with Gasteiger partial charge in [0.05, 0.1) is 0 Å². The molecule has 1 aromatic carbocycles. The number of imidazole rings is 1. The van der Waals surface area contributed by atoms with E-state index < -0.39 is 0 Å². The monoisotopic (exact) mass is 316 g/mol. The maximum Gasteiger partial charge on any atom is 0.298 e. The first-order chi connectivity index (χ1) is 10.6. The summed E-state index contributed by atoms with van der Waals surface area (Å²) < 4.78 is 1.97. The van der Waals surface area contributed by atoms with Crippen LogP contribution in [0.3, 0.4) is 0 Å². The second-order valence-electron chi connectivity index (χ2n) is 5.45. The lowest BCUT2D eigenvalue weighted by atomic mass is 10.2. The van der Waals surface area contributed by atoms with Gasteiger partial charge in [0.2, 0.25) is 12.1 Å². The Morgan fingerprint density at radius 1 is 1.27 bits per heavy atom. The summed E-state index contributed by atoms with van der Waals surface area (Å²) in [6.07, 6.45) is 1.79. The van der Waals surface area contributed by atoms with Gasteiger partial charge in [-0.2, -0.15) is 4.57 Å². The summed E-state index contributed by atoms with van der Waals surface area (Å²) in [5.74, 6) is 2.09. The first kappa shape index (κ1) is 14.8. The third-order valence-electron chi connectivity index (χ3n) is 3.47. The number of nitrogens with one attached hydrogen (secondary N) is 2. The van der Waals surface area contributed by atoms with E-state index in [4.69, 9.17) is 16.6 Å². The highest BCUT2D eigenvalue weighted by Gasteiger charge is 2.21. The molecule has 0 saturated carbocycles. The minimum absolute atomic E-state index is 0.320. The maximum absolute atomic E-state index is 5.97. The molecule has 2 N–H and O–H groups in total. The van der Waals surface area contributed by atoms with Gasteiger partial charge < -0.3 is 10.3 Å². The van der Waals surface area contributed by atoms with E-state index >= 15 is 0 Å². The van der Waals surface area contributed by atoms with Gasteiger partial charge in [-0.05, 0) is 31.2 Å². The minimum atomic E-state index is 0.320. The summed E-state index contributed by atoms with van der Waals surface area (Å²) in [5.41, 5.74) is 2.76. The molecule has 0 aliphatic heterocycles. The van der Waals surface area contributed by atoms with Crippen molar-refractivity contribution in [3.8, 4) is 5.69 Å². The lowest BCUT2D eigenvalue weighted by molar-refractivity contribution is -0.572.